The second-order valence-corrected chi connectivity index (χ2v) is 9.10. The van der Waals surface area contributed by atoms with Gasteiger partial charge in [-0.05, 0) is 57.8 Å². The second-order valence-electron chi connectivity index (χ2n) is 9.10. The van der Waals surface area contributed by atoms with E-state index in [0.717, 1.165) is 63.4 Å². The molecule has 1 aromatic rings. The Morgan fingerprint density at radius 3 is 2.77 bits per heavy atom. The monoisotopic (exact) mass is 429 g/mol. The molecule has 3 fully saturated rings. The lowest BCUT2D eigenvalue weighted by atomic mass is 9.92. The summed E-state index contributed by atoms with van der Waals surface area (Å²) in [5.74, 6) is 2.21. The van der Waals surface area contributed by atoms with Crippen LogP contribution in [0.3, 0.4) is 0 Å². The third-order valence-electron chi connectivity index (χ3n) is 6.59. The van der Waals surface area contributed by atoms with Gasteiger partial charge in [-0.3, -0.25) is 9.59 Å². The van der Waals surface area contributed by atoms with Crippen LogP contribution in [0.2, 0.25) is 0 Å². The van der Waals surface area contributed by atoms with E-state index in [1.54, 1.807) is 6.33 Å². The van der Waals surface area contributed by atoms with Crippen LogP contribution < -0.4 is 10.2 Å². The van der Waals surface area contributed by atoms with Gasteiger partial charge in [0.2, 0.25) is 5.91 Å². The predicted octanol–water partition coefficient (Wildman–Crippen LogP) is 2.85. The molecule has 2 atom stereocenters. The SMILES string of the molecule is CCOC(=O)[C@@H]1CCCN(C(=O)CC[C@H]2CCCN(c3cc(NC4CC4)ncn3)C2)C1. The van der Waals surface area contributed by atoms with Gasteiger partial charge in [-0.2, -0.15) is 0 Å². The van der Waals surface area contributed by atoms with Crippen molar-refractivity contribution in [3.05, 3.63) is 12.4 Å². The van der Waals surface area contributed by atoms with Gasteiger partial charge in [0, 0.05) is 44.7 Å². The fourth-order valence-corrected chi connectivity index (χ4v) is 4.69. The van der Waals surface area contributed by atoms with Crippen LogP contribution in [-0.2, 0) is 14.3 Å². The molecule has 8 heteroatoms. The molecule has 4 rings (SSSR count). The van der Waals surface area contributed by atoms with Crippen molar-refractivity contribution >= 4 is 23.5 Å². The fraction of sp³-hybridized carbons (Fsp3) is 0.739. The van der Waals surface area contributed by atoms with Crippen molar-refractivity contribution in [3.8, 4) is 0 Å². The zero-order valence-corrected chi connectivity index (χ0v) is 18.6. The van der Waals surface area contributed by atoms with Gasteiger partial charge in [0.05, 0.1) is 12.5 Å². The van der Waals surface area contributed by atoms with E-state index in [-0.39, 0.29) is 17.8 Å². The van der Waals surface area contributed by atoms with Crippen molar-refractivity contribution in [1.29, 1.82) is 0 Å². The third-order valence-corrected chi connectivity index (χ3v) is 6.59. The molecule has 0 bridgehead atoms. The summed E-state index contributed by atoms with van der Waals surface area (Å²) in [6.45, 7) is 5.40. The number of ether oxygens (including phenoxy) is 1. The summed E-state index contributed by atoms with van der Waals surface area (Å²) >= 11 is 0. The summed E-state index contributed by atoms with van der Waals surface area (Å²) in [6.07, 6.45) is 9.46. The molecule has 2 aliphatic heterocycles. The summed E-state index contributed by atoms with van der Waals surface area (Å²) in [5, 5.41) is 3.44. The lowest BCUT2D eigenvalue weighted by Crippen LogP contribution is -2.43. The Labute approximate surface area is 184 Å². The number of anilines is 2. The molecule has 8 nitrogen and oxygen atoms in total. The normalized spacial score (nSPS) is 24.0. The first kappa shape index (κ1) is 21.8. The third kappa shape index (κ3) is 6.08. The van der Waals surface area contributed by atoms with Gasteiger partial charge < -0.3 is 19.9 Å². The summed E-state index contributed by atoms with van der Waals surface area (Å²) in [5.41, 5.74) is 0. The maximum Gasteiger partial charge on any atom is 0.310 e. The van der Waals surface area contributed by atoms with E-state index in [9.17, 15) is 9.59 Å². The molecule has 0 aromatic carbocycles. The first-order valence-electron chi connectivity index (χ1n) is 11.9. The average molecular weight is 430 g/mol. The van der Waals surface area contributed by atoms with E-state index in [1.165, 1.54) is 12.8 Å². The van der Waals surface area contributed by atoms with Crippen molar-refractivity contribution in [2.24, 2.45) is 11.8 Å². The van der Waals surface area contributed by atoms with Crippen molar-refractivity contribution in [1.82, 2.24) is 14.9 Å². The standard InChI is InChI=1S/C23H35N5O3/c1-2-31-23(30)18-6-4-12-28(15-18)22(29)10-7-17-5-3-11-27(14-17)21-13-20(24-16-25-21)26-19-8-9-19/h13,16-19H,2-12,14-15H2,1H3,(H,24,25,26)/t17-,18-/m1/s1. The minimum Gasteiger partial charge on any atom is -0.466 e. The minimum atomic E-state index is -0.168. The number of esters is 1. The minimum absolute atomic E-state index is 0.164. The zero-order chi connectivity index (χ0) is 21.6. The smallest absolute Gasteiger partial charge is 0.310 e. The number of hydrogen-bond acceptors (Lipinski definition) is 7. The van der Waals surface area contributed by atoms with E-state index >= 15 is 0 Å². The Balaban J connectivity index is 1.26. The second kappa shape index (κ2) is 10.3. The van der Waals surface area contributed by atoms with E-state index in [4.69, 9.17) is 4.74 Å². The first-order valence-corrected chi connectivity index (χ1v) is 11.9. The molecule has 3 heterocycles. The fourth-order valence-electron chi connectivity index (χ4n) is 4.69. The highest BCUT2D eigenvalue weighted by molar-refractivity contribution is 5.78. The topological polar surface area (TPSA) is 87.7 Å². The van der Waals surface area contributed by atoms with E-state index in [0.29, 0.717) is 31.5 Å². The highest BCUT2D eigenvalue weighted by Crippen LogP contribution is 2.28. The molecule has 1 saturated carbocycles. The Morgan fingerprint density at radius 1 is 1.13 bits per heavy atom. The van der Waals surface area contributed by atoms with Gasteiger partial charge in [-0.25, -0.2) is 9.97 Å². The number of nitrogens with one attached hydrogen (secondary N) is 1. The lowest BCUT2D eigenvalue weighted by molar-refractivity contribution is -0.151. The number of hydrogen-bond donors (Lipinski definition) is 1. The van der Waals surface area contributed by atoms with Gasteiger partial charge in [-0.1, -0.05) is 0 Å². The Morgan fingerprint density at radius 2 is 1.97 bits per heavy atom. The molecule has 3 aliphatic rings. The number of rotatable bonds is 8. The highest BCUT2D eigenvalue weighted by Gasteiger charge is 2.30. The number of aromatic nitrogens is 2. The number of likely N-dealkylation sites (tertiary alicyclic amines) is 1. The summed E-state index contributed by atoms with van der Waals surface area (Å²) < 4.78 is 5.15. The largest absolute Gasteiger partial charge is 0.466 e. The Kier molecular flexibility index (Phi) is 7.25. The molecule has 0 spiro atoms. The number of carbonyl (C=O) groups is 2. The Bertz CT molecular complexity index is 769. The number of carbonyl (C=O) groups excluding carboxylic acids is 2. The predicted molar refractivity (Wildman–Crippen MR) is 119 cm³/mol. The van der Waals surface area contributed by atoms with Gasteiger partial charge in [0.1, 0.15) is 18.0 Å². The van der Waals surface area contributed by atoms with Crippen LogP contribution in [0, 0.1) is 11.8 Å². The molecule has 0 unspecified atom stereocenters. The van der Waals surface area contributed by atoms with Crippen molar-refractivity contribution < 1.29 is 14.3 Å². The summed E-state index contributed by atoms with van der Waals surface area (Å²) in [7, 11) is 0. The van der Waals surface area contributed by atoms with E-state index in [2.05, 4.69) is 26.3 Å². The molecule has 31 heavy (non-hydrogen) atoms. The van der Waals surface area contributed by atoms with Crippen LogP contribution in [0.15, 0.2) is 12.4 Å². The highest BCUT2D eigenvalue weighted by atomic mass is 16.5. The average Bonchev–Trinajstić information content (AvgIpc) is 3.62. The summed E-state index contributed by atoms with van der Waals surface area (Å²) in [4.78, 5) is 37.9. The van der Waals surface area contributed by atoms with Crippen molar-refractivity contribution in [3.63, 3.8) is 0 Å². The molecular weight excluding hydrogens is 394 g/mol. The maximum absolute atomic E-state index is 12.8. The van der Waals surface area contributed by atoms with Crippen molar-refractivity contribution in [2.75, 3.05) is 43.0 Å². The number of piperidine rings is 2. The molecule has 1 amide bonds. The quantitative estimate of drug-likeness (QED) is 0.636. The van der Waals surface area contributed by atoms with Crippen LogP contribution in [0.1, 0.15) is 58.3 Å². The molecule has 170 valence electrons. The number of nitrogens with zero attached hydrogens (tertiary/aromatic N) is 4. The summed E-state index contributed by atoms with van der Waals surface area (Å²) in [6, 6.07) is 2.62. The van der Waals surface area contributed by atoms with Crippen LogP contribution in [0.5, 0.6) is 0 Å². The number of amides is 1. The molecule has 1 N–H and O–H groups in total. The molecule has 1 aliphatic carbocycles. The van der Waals surface area contributed by atoms with Gasteiger partial charge in [-0.15, -0.1) is 0 Å². The molecule has 0 radical (unpaired) electrons. The first-order chi connectivity index (χ1) is 15.1. The van der Waals surface area contributed by atoms with Crippen LogP contribution in [0.25, 0.3) is 0 Å². The van der Waals surface area contributed by atoms with Crippen LogP contribution >= 0.6 is 0 Å². The van der Waals surface area contributed by atoms with Crippen LogP contribution in [0.4, 0.5) is 11.6 Å². The van der Waals surface area contributed by atoms with Gasteiger partial charge in [0.15, 0.2) is 0 Å². The van der Waals surface area contributed by atoms with E-state index < -0.39 is 0 Å². The Hall–Kier alpha value is -2.38. The maximum atomic E-state index is 12.8. The van der Waals surface area contributed by atoms with E-state index in [1.807, 2.05) is 11.8 Å². The van der Waals surface area contributed by atoms with Gasteiger partial charge in [0.25, 0.3) is 0 Å². The molecule has 1 aromatic heterocycles. The van der Waals surface area contributed by atoms with Crippen LogP contribution in [-0.4, -0.2) is 65.6 Å². The van der Waals surface area contributed by atoms with Crippen molar-refractivity contribution in [2.45, 2.75) is 64.3 Å². The van der Waals surface area contributed by atoms with Gasteiger partial charge >= 0.3 is 5.97 Å². The molecular formula is C23H35N5O3. The lowest BCUT2D eigenvalue weighted by Gasteiger charge is -2.35. The molecule has 2 saturated heterocycles. The zero-order valence-electron chi connectivity index (χ0n) is 18.6.